The molecule has 1 atom stereocenters. The van der Waals surface area contributed by atoms with Gasteiger partial charge in [0.15, 0.2) is 0 Å². The van der Waals surface area contributed by atoms with E-state index in [1.165, 1.54) is 0 Å². The zero-order valence-electron chi connectivity index (χ0n) is 9.95. The van der Waals surface area contributed by atoms with E-state index in [1.807, 2.05) is 0 Å². The third-order valence-electron chi connectivity index (χ3n) is 2.92. The lowest BCUT2D eigenvalue weighted by Crippen LogP contribution is -2.25. The van der Waals surface area contributed by atoms with E-state index in [-0.39, 0.29) is 23.1 Å². The summed E-state index contributed by atoms with van der Waals surface area (Å²) in [5, 5.41) is 0. The van der Waals surface area contributed by atoms with Crippen LogP contribution in [0.1, 0.15) is 6.42 Å². The van der Waals surface area contributed by atoms with Crippen LogP contribution in [0.5, 0.6) is 0 Å². The summed E-state index contributed by atoms with van der Waals surface area (Å²) in [7, 11) is -4.69. The summed E-state index contributed by atoms with van der Waals surface area (Å²) in [5.74, 6) is -3.77. The van der Waals surface area contributed by atoms with Gasteiger partial charge in [-0.15, -0.1) is 3.89 Å². The van der Waals surface area contributed by atoms with Gasteiger partial charge in [0, 0.05) is 24.6 Å². The van der Waals surface area contributed by atoms with E-state index in [2.05, 4.69) is 15.9 Å². The Labute approximate surface area is 121 Å². The third-order valence-corrected chi connectivity index (χ3v) is 4.55. The lowest BCUT2D eigenvalue weighted by Gasteiger charge is -2.17. The zero-order chi connectivity index (χ0) is 15.1. The largest absolute Gasteiger partial charge is 0.312 e. The number of carbonyl (C=O) groups is 1. The van der Waals surface area contributed by atoms with Gasteiger partial charge < -0.3 is 4.90 Å². The van der Waals surface area contributed by atoms with Crippen molar-refractivity contribution < 1.29 is 25.9 Å². The van der Waals surface area contributed by atoms with Crippen LogP contribution in [0.15, 0.2) is 16.6 Å². The normalized spacial score (nSPS) is 19.7. The number of rotatable bonds is 3. The van der Waals surface area contributed by atoms with Gasteiger partial charge in [-0.1, -0.05) is 0 Å². The summed E-state index contributed by atoms with van der Waals surface area (Å²) in [5.41, 5.74) is -0.0213. The molecule has 1 aromatic carbocycles. The van der Waals surface area contributed by atoms with Crippen molar-refractivity contribution in [3.63, 3.8) is 0 Å². The van der Waals surface area contributed by atoms with Gasteiger partial charge in [0.1, 0.15) is 11.6 Å². The highest BCUT2D eigenvalue weighted by Crippen LogP contribution is 2.30. The van der Waals surface area contributed by atoms with Crippen LogP contribution in [-0.2, 0) is 15.0 Å². The maximum absolute atomic E-state index is 13.4. The number of carbonyl (C=O) groups excluding carboxylic acids is 1. The lowest BCUT2D eigenvalue weighted by atomic mass is 10.1. The number of nitrogens with zero attached hydrogens (tertiary/aromatic N) is 1. The van der Waals surface area contributed by atoms with Crippen LogP contribution in [0, 0.1) is 17.6 Å². The molecular weight excluding hydrogens is 363 g/mol. The maximum Gasteiger partial charge on any atom is 0.302 e. The Kier molecular flexibility index (Phi) is 4.10. The molecular formula is C11H9BrF3NO3S. The molecule has 0 spiro atoms. The van der Waals surface area contributed by atoms with Gasteiger partial charge in [-0.2, -0.15) is 8.42 Å². The summed E-state index contributed by atoms with van der Waals surface area (Å²) >= 11 is 2.71. The number of anilines is 1. The standard InChI is InChI=1S/C11H9BrF3NO3S/c12-11-8(13)2-7(3-9(11)14)16-4-6(1-10(16)17)5-20(15,18)19/h2-3,6H,1,4-5H2. The van der Waals surface area contributed by atoms with Gasteiger partial charge in [0.05, 0.1) is 10.2 Å². The monoisotopic (exact) mass is 371 g/mol. The highest BCUT2D eigenvalue weighted by atomic mass is 79.9. The first kappa shape index (κ1) is 15.3. The van der Waals surface area contributed by atoms with Crippen LogP contribution in [0.2, 0.25) is 0 Å². The van der Waals surface area contributed by atoms with Gasteiger partial charge in [0.25, 0.3) is 0 Å². The Morgan fingerprint density at radius 2 is 1.85 bits per heavy atom. The van der Waals surface area contributed by atoms with Crippen molar-refractivity contribution in [3.8, 4) is 0 Å². The molecule has 4 nitrogen and oxygen atoms in total. The Balaban J connectivity index is 2.24. The van der Waals surface area contributed by atoms with Crippen molar-refractivity contribution in [3.05, 3.63) is 28.2 Å². The molecule has 1 amide bonds. The fourth-order valence-electron chi connectivity index (χ4n) is 2.12. The van der Waals surface area contributed by atoms with E-state index in [9.17, 15) is 25.9 Å². The van der Waals surface area contributed by atoms with Gasteiger partial charge >= 0.3 is 10.2 Å². The summed E-state index contributed by atoms with van der Waals surface area (Å²) in [6.07, 6.45) is -0.178. The first-order valence-corrected chi connectivity index (χ1v) is 7.89. The van der Waals surface area contributed by atoms with Crippen molar-refractivity contribution >= 4 is 37.7 Å². The van der Waals surface area contributed by atoms with Crippen molar-refractivity contribution in [1.82, 2.24) is 0 Å². The molecule has 9 heteroatoms. The minimum Gasteiger partial charge on any atom is -0.312 e. The van der Waals surface area contributed by atoms with Crippen molar-refractivity contribution in [2.24, 2.45) is 5.92 Å². The molecule has 1 aromatic rings. The van der Waals surface area contributed by atoms with Crippen LogP contribution in [0.4, 0.5) is 18.4 Å². The van der Waals surface area contributed by atoms with E-state index in [0.717, 1.165) is 17.0 Å². The number of amides is 1. The van der Waals surface area contributed by atoms with Gasteiger partial charge in [-0.25, -0.2) is 8.78 Å². The van der Waals surface area contributed by atoms with Gasteiger partial charge in [-0.05, 0) is 28.1 Å². The predicted molar refractivity (Wildman–Crippen MR) is 69.4 cm³/mol. The van der Waals surface area contributed by atoms with Crippen molar-refractivity contribution in [2.45, 2.75) is 6.42 Å². The molecule has 20 heavy (non-hydrogen) atoms. The highest BCUT2D eigenvalue weighted by Gasteiger charge is 2.34. The Hall–Kier alpha value is -1.09. The second kappa shape index (κ2) is 5.36. The van der Waals surface area contributed by atoms with Crippen molar-refractivity contribution in [2.75, 3.05) is 17.2 Å². The highest BCUT2D eigenvalue weighted by molar-refractivity contribution is 9.10. The molecule has 0 aromatic heterocycles. The molecule has 1 saturated heterocycles. The van der Waals surface area contributed by atoms with Crippen LogP contribution in [-0.4, -0.2) is 26.6 Å². The molecule has 1 unspecified atom stereocenters. The molecule has 0 radical (unpaired) electrons. The number of benzene rings is 1. The van der Waals surface area contributed by atoms with Crippen LogP contribution >= 0.6 is 15.9 Å². The fourth-order valence-corrected chi connectivity index (χ4v) is 3.14. The zero-order valence-corrected chi connectivity index (χ0v) is 12.3. The third kappa shape index (κ3) is 3.32. The first-order chi connectivity index (χ1) is 9.17. The van der Waals surface area contributed by atoms with Crippen molar-refractivity contribution in [1.29, 1.82) is 0 Å². The summed E-state index contributed by atoms with van der Waals surface area (Å²) in [6.45, 7) is -0.0947. The maximum atomic E-state index is 13.4. The van der Waals surface area contributed by atoms with Crippen LogP contribution < -0.4 is 4.90 Å². The minimum atomic E-state index is -4.69. The summed E-state index contributed by atoms with van der Waals surface area (Å²) < 4.78 is 60.2. The molecule has 1 fully saturated rings. The second-order valence-electron chi connectivity index (χ2n) is 4.50. The van der Waals surface area contributed by atoms with Crippen LogP contribution in [0.25, 0.3) is 0 Å². The molecule has 110 valence electrons. The molecule has 0 N–H and O–H groups in total. The molecule has 2 rings (SSSR count). The predicted octanol–water partition coefficient (Wildman–Crippen LogP) is 2.38. The van der Waals surface area contributed by atoms with Gasteiger partial charge in [-0.3, -0.25) is 4.79 Å². The molecule has 1 aliphatic rings. The number of hydrogen-bond acceptors (Lipinski definition) is 3. The van der Waals surface area contributed by atoms with E-state index in [0.29, 0.717) is 0 Å². The Morgan fingerprint density at radius 1 is 1.30 bits per heavy atom. The fraction of sp³-hybridized carbons (Fsp3) is 0.364. The molecule has 0 aliphatic carbocycles. The van der Waals surface area contributed by atoms with E-state index in [4.69, 9.17) is 0 Å². The van der Waals surface area contributed by atoms with Crippen LogP contribution in [0.3, 0.4) is 0 Å². The van der Waals surface area contributed by atoms with E-state index >= 15 is 0 Å². The lowest BCUT2D eigenvalue weighted by molar-refractivity contribution is -0.117. The smallest absolute Gasteiger partial charge is 0.302 e. The number of hydrogen-bond donors (Lipinski definition) is 0. The Bertz CT molecular complexity index is 642. The van der Waals surface area contributed by atoms with E-state index < -0.39 is 39.4 Å². The van der Waals surface area contributed by atoms with Gasteiger partial charge in [0.2, 0.25) is 5.91 Å². The molecule has 1 heterocycles. The topological polar surface area (TPSA) is 54.5 Å². The second-order valence-corrected chi connectivity index (χ2v) is 6.71. The number of halogens is 4. The Morgan fingerprint density at radius 3 is 2.35 bits per heavy atom. The first-order valence-electron chi connectivity index (χ1n) is 5.54. The molecule has 0 bridgehead atoms. The molecule has 0 saturated carbocycles. The minimum absolute atomic E-state index is 0.0213. The quantitative estimate of drug-likeness (QED) is 0.605. The molecule has 1 aliphatic heterocycles. The summed E-state index contributed by atoms with van der Waals surface area (Å²) in [6, 6.07) is 1.91. The average molecular weight is 372 g/mol. The SMILES string of the molecule is O=C1CC(CS(=O)(=O)F)CN1c1cc(F)c(Br)c(F)c1. The average Bonchev–Trinajstić information content (AvgIpc) is 2.63. The van der Waals surface area contributed by atoms with E-state index in [1.54, 1.807) is 0 Å². The summed E-state index contributed by atoms with van der Waals surface area (Å²) in [4.78, 5) is 12.8.